The minimum absolute atomic E-state index is 0.346. The van der Waals surface area contributed by atoms with Crippen LogP contribution in [0.4, 0.5) is 11.4 Å². The van der Waals surface area contributed by atoms with Crippen LogP contribution in [-0.4, -0.2) is 17.1 Å². The molecule has 0 aromatic heterocycles. The standard InChI is InChI=1S/C10H8Cl2N2O/c1-6(11)14-9-5-7(10(12)15)3-4-8(9)13-2/h3-5H,2H2,1H3. The average molecular weight is 243 g/mol. The molecule has 0 heterocycles. The number of benzene rings is 1. The fourth-order valence-corrected chi connectivity index (χ4v) is 1.24. The van der Waals surface area contributed by atoms with Gasteiger partial charge < -0.3 is 0 Å². The van der Waals surface area contributed by atoms with E-state index in [0.29, 0.717) is 22.1 Å². The van der Waals surface area contributed by atoms with Gasteiger partial charge in [-0.3, -0.25) is 9.79 Å². The second kappa shape index (κ2) is 5.05. The normalized spacial score (nSPS) is 11.3. The summed E-state index contributed by atoms with van der Waals surface area (Å²) in [5.41, 5.74) is 1.38. The highest BCUT2D eigenvalue weighted by atomic mass is 35.5. The molecule has 0 saturated heterocycles. The summed E-state index contributed by atoms with van der Waals surface area (Å²) >= 11 is 11.0. The van der Waals surface area contributed by atoms with Crippen LogP contribution >= 0.6 is 23.2 Å². The van der Waals surface area contributed by atoms with Gasteiger partial charge in [0.25, 0.3) is 5.24 Å². The third-order valence-electron chi connectivity index (χ3n) is 1.65. The van der Waals surface area contributed by atoms with E-state index in [1.807, 2.05) is 0 Å². The highest BCUT2D eigenvalue weighted by Crippen LogP contribution is 2.29. The quantitative estimate of drug-likeness (QED) is 0.589. The van der Waals surface area contributed by atoms with Gasteiger partial charge >= 0.3 is 0 Å². The predicted octanol–water partition coefficient (Wildman–Crippen LogP) is 3.69. The zero-order chi connectivity index (χ0) is 11.4. The minimum Gasteiger partial charge on any atom is -0.276 e. The molecule has 0 unspecified atom stereocenters. The van der Waals surface area contributed by atoms with Gasteiger partial charge in [-0.2, -0.15) is 0 Å². The van der Waals surface area contributed by atoms with Crippen molar-refractivity contribution in [1.29, 1.82) is 0 Å². The van der Waals surface area contributed by atoms with Crippen molar-refractivity contribution in [3.63, 3.8) is 0 Å². The topological polar surface area (TPSA) is 41.8 Å². The molecule has 0 aliphatic carbocycles. The number of halogens is 2. The van der Waals surface area contributed by atoms with Crippen LogP contribution in [-0.2, 0) is 0 Å². The molecule has 0 atom stereocenters. The average Bonchev–Trinajstić information content (AvgIpc) is 2.16. The third-order valence-corrected chi connectivity index (χ3v) is 1.95. The maximum Gasteiger partial charge on any atom is 0.252 e. The van der Waals surface area contributed by atoms with Crippen LogP contribution in [0.15, 0.2) is 28.2 Å². The Labute approximate surface area is 97.4 Å². The molecule has 1 rings (SSSR count). The first-order chi connectivity index (χ1) is 7.04. The van der Waals surface area contributed by atoms with E-state index in [4.69, 9.17) is 23.2 Å². The van der Waals surface area contributed by atoms with Gasteiger partial charge in [0, 0.05) is 5.56 Å². The number of aliphatic imine (C=N–C) groups is 2. The van der Waals surface area contributed by atoms with E-state index >= 15 is 0 Å². The lowest BCUT2D eigenvalue weighted by molar-refractivity contribution is 0.108. The van der Waals surface area contributed by atoms with E-state index in [0.717, 1.165) is 0 Å². The zero-order valence-electron chi connectivity index (χ0n) is 8.00. The fourth-order valence-electron chi connectivity index (χ4n) is 1.03. The Bertz CT molecular complexity index is 437. The van der Waals surface area contributed by atoms with Crippen LogP contribution < -0.4 is 0 Å². The van der Waals surface area contributed by atoms with Crippen molar-refractivity contribution in [2.75, 3.05) is 0 Å². The molecule has 1 aromatic rings. The smallest absolute Gasteiger partial charge is 0.252 e. The second-order valence-electron chi connectivity index (χ2n) is 2.74. The van der Waals surface area contributed by atoms with E-state index in [2.05, 4.69) is 16.7 Å². The number of hydrogen-bond donors (Lipinski definition) is 0. The number of rotatable bonds is 3. The van der Waals surface area contributed by atoms with Crippen LogP contribution in [0.2, 0.25) is 0 Å². The van der Waals surface area contributed by atoms with E-state index in [9.17, 15) is 4.79 Å². The van der Waals surface area contributed by atoms with Gasteiger partial charge in [-0.15, -0.1) is 0 Å². The molecule has 0 bridgehead atoms. The van der Waals surface area contributed by atoms with Gasteiger partial charge in [0.15, 0.2) is 0 Å². The molecule has 3 nitrogen and oxygen atoms in total. The number of carbonyl (C=O) groups excluding carboxylic acids is 1. The van der Waals surface area contributed by atoms with Crippen LogP contribution in [0.3, 0.4) is 0 Å². The molecule has 0 saturated carbocycles. The Balaban J connectivity index is 3.31. The summed E-state index contributed by atoms with van der Waals surface area (Å²) < 4.78 is 0. The van der Waals surface area contributed by atoms with Gasteiger partial charge in [0.1, 0.15) is 5.17 Å². The summed E-state index contributed by atoms with van der Waals surface area (Å²) in [5.74, 6) is 0. The molecular formula is C10H8Cl2N2O. The molecule has 78 valence electrons. The Hall–Kier alpha value is -1.19. The molecular weight excluding hydrogens is 235 g/mol. The molecule has 0 fully saturated rings. The molecule has 1 aromatic carbocycles. The van der Waals surface area contributed by atoms with Crippen molar-refractivity contribution in [1.82, 2.24) is 0 Å². The summed E-state index contributed by atoms with van der Waals surface area (Å²) in [5, 5.41) is -0.201. The number of nitrogens with zero attached hydrogens (tertiary/aromatic N) is 2. The maximum absolute atomic E-state index is 10.9. The molecule has 0 N–H and O–H groups in total. The fraction of sp³-hybridized carbons (Fsp3) is 0.100. The lowest BCUT2D eigenvalue weighted by Gasteiger charge is -2.01. The first kappa shape index (κ1) is 11.9. The lowest BCUT2D eigenvalue weighted by Crippen LogP contribution is -1.87. The second-order valence-corrected chi connectivity index (χ2v) is 3.63. The molecule has 5 heteroatoms. The molecule has 0 radical (unpaired) electrons. The van der Waals surface area contributed by atoms with Gasteiger partial charge in [0.05, 0.1) is 11.4 Å². The Kier molecular flexibility index (Phi) is 4.00. The zero-order valence-corrected chi connectivity index (χ0v) is 9.51. The van der Waals surface area contributed by atoms with Crippen molar-refractivity contribution in [3.05, 3.63) is 23.8 Å². The van der Waals surface area contributed by atoms with Gasteiger partial charge in [-0.05, 0) is 43.4 Å². The van der Waals surface area contributed by atoms with Gasteiger partial charge in [-0.25, -0.2) is 4.99 Å². The summed E-state index contributed by atoms with van der Waals surface area (Å²) in [6, 6.07) is 4.69. The molecule has 15 heavy (non-hydrogen) atoms. The maximum atomic E-state index is 10.9. The van der Waals surface area contributed by atoms with Crippen LogP contribution in [0.5, 0.6) is 0 Å². The summed E-state index contributed by atoms with van der Waals surface area (Å²) in [7, 11) is 0. The minimum atomic E-state index is -0.547. The van der Waals surface area contributed by atoms with Crippen LogP contribution in [0.25, 0.3) is 0 Å². The van der Waals surface area contributed by atoms with Crippen molar-refractivity contribution >= 4 is 51.7 Å². The number of hydrogen-bond acceptors (Lipinski definition) is 3. The van der Waals surface area contributed by atoms with E-state index < -0.39 is 5.24 Å². The molecule has 0 aliphatic rings. The van der Waals surface area contributed by atoms with E-state index in [-0.39, 0.29) is 0 Å². The van der Waals surface area contributed by atoms with Crippen molar-refractivity contribution in [2.24, 2.45) is 9.98 Å². The summed E-state index contributed by atoms with van der Waals surface area (Å²) in [6.45, 7) is 5.02. The third kappa shape index (κ3) is 3.15. The SMILES string of the molecule is C=Nc1ccc(C(=O)Cl)cc1N=C(C)Cl. The van der Waals surface area contributed by atoms with Gasteiger partial charge in [-0.1, -0.05) is 11.6 Å². The van der Waals surface area contributed by atoms with E-state index in [1.54, 1.807) is 19.1 Å². The monoisotopic (exact) mass is 242 g/mol. The predicted molar refractivity (Wildman–Crippen MR) is 64.5 cm³/mol. The molecule has 0 amide bonds. The van der Waals surface area contributed by atoms with Crippen molar-refractivity contribution in [3.8, 4) is 0 Å². The van der Waals surface area contributed by atoms with Crippen LogP contribution in [0, 0.1) is 0 Å². The Morgan fingerprint density at radius 3 is 2.47 bits per heavy atom. The Morgan fingerprint density at radius 1 is 1.33 bits per heavy atom. The molecule has 0 spiro atoms. The Morgan fingerprint density at radius 2 is 2.00 bits per heavy atom. The highest BCUT2D eigenvalue weighted by molar-refractivity contribution is 6.67. The summed E-state index contributed by atoms with van der Waals surface area (Å²) in [4.78, 5) is 18.7. The first-order valence-corrected chi connectivity index (χ1v) is 4.81. The van der Waals surface area contributed by atoms with Crippen molar-refractivity contribution < 1.29 is 4.79 Å². The van der Waals surface area contributed by atoms with E-state index in [1.165, 1.54) is 6.07 Å². The number of carbonyl (C=O) groups is 1. The van der Waals surface area contributed by atoms with Crippen LogP contribution in [0.1, 0.15) is 17.3 Å². The first-order valence-electron chi connectivity index (χ1n) is 4.06. The molecule has 0 aliphatic heterocycles. The largest absolute Gasteiger partial charge is 0.276 e. The highest BCUT2D eigenvalue weighted by Gasteiger charge is 2.06. The van der Waals surface area contributed by atoms with Gasteiger partial charge in [0.2, 0.25) is 0 Å². The van der Waals surface area contributed by atoms with Crippen molar-refractivity contribution in [2.45, 2.75) is 6.92 Å². The lowest BCUT2D eigenvalue weighted by atomic mass is 10.2. The summed E-state index contributed by atoms with van der Waals surface area (Å²) in [6.07, 6.45) is 0.